The number of likely N-dealkylation sites (N-methyl/N-ethyl adjacent to an activating group) is 1. The molecule has 1 atom stereocenters. The van der Waals surface area contributed by atoms with Crippen LogP contribution in [0.2, 0.25) is 0 Å². The number of ether oxygens (including phenoxy) is 1. The van der Waals surface area contributed by atoms with Crippen LogP contribution < -0.4 is 10.1 Å². The van der Waals surface area contributed by atoms with Gasteiger partial charge in [-0.25, -0.2) is 0 Å². The smallest absolute Gasteiger partial charge is 0.258 e. The minimum absolute atomic E-state index is 0.0330. The van der Waals surface area contributed by atoms with E-state index >= 15 is 0 Å². The Balaban J connectivity index is 1.89. The molecular formula is C22H30N2O2. The monoisotopic (exact) mass is 354 g/mol. The van der Waals surface area contributed by atoms with E-state index in [0.29, 0.717) is 6.54 Å². The Morgan fingerprint density at radius 1 is 1.00 bits per heavy atom. The first-order chi connectivity index (χ1) is 12.7. The summed E-state index contributed by atoms with van der Waals surface area (Å²) in [5, 5.41) is 3.02. The van der Waals surface area contributed by atoms with Gasteiger partial charge in [-0.05, 0) is 42.8 Å². The molecule has 1 N–H and O–H groups in total. The molecule has 4 nitrogen and oxygen atoms in total. The zero-order valence-corrected chi connectivity index (χ0v) is 16.1. The predicted octanol–water partition coefficient (Wildman–Crippen LogP) is 3.83. The molecule has 0 bridgehead atoms. The van der Waals surface area contributed by atoms with Crippen LogP contribution >= 0.6 is 0 Å². The average Bonchev–Trinajstić information content (AvgIpc) is 2.70. The second-order valence-electron chi connectivity index (χ2n) is 6.24. The highest BCUT2D eigenvalue weighted by atomic mass is 16.5. The highest BCUT2D eigenvalue weighted by Crippen LogP contribution is 2.19. The van der Waals surface area contributed by atoms with Crippen LogP contribution in [0.1, 0.15) is 37.9 Å². The quantitative estimate of drug-likeness (QED) is 0.705. The summed E-state index contributed by atoms with van der Waals surface area (Å²) in [5.74, 6) is 0.623. The van der Waals surface area contributed by atoms with E-state index in [1.54, 1.807) is 0 Å². The zero-order chi connectivity index (χ0) is 18.8. The summed E-state index contributed by atoms with van der Waals surface area (Å²) in [4.78, 5) is 14.6. The first-order valence-electron chi connectivity index (χ1n) is 9.45. The number of hydrogen-bond donors (Lipinski definition) is 1. The van der Waals surface area contributed by atoms with Crippen molar-refractivity contribution in [2.45, 2.75) is 33.2 Å². The van der Waals surface area contributed by atoms with E-state index < -0.39 is 0 Å². The number of amides is 1. The van der Waals surface area contributed by atoms with Gasteiger partial charge in [0.15, 0.2) is 6.61 Å². The largest absolute Gasteiger partial charge is 0.484 e. The normalized spacial score (nSPS) is 12.0. The van der Waals surface area contributed by atoms with Gasteiger partial charge in [0.05, 0.1) is 6.04 Å². The van der Waals surface area contributed by atoms with Crippen LogP contribution in [-0.2, 0) is 11.2 Å². The molecule has 0 spiro atoms. The highest BCUT2D eigenvalue weighted by molar-refractivity contribution is 5.77. The minimum atomic E-state index is -0.0994. The second kappa shape index (κ2) is 10.6. The Bertz CT molecular complexity index is 652. The van der Waals surface area contributed by atoms with Gasteiger partial charge in [0, 0.05) is 6.54 Å². The lowest BCUT2D eigenvalue weighted by Gasteiger charge is -2.30. The first kappa shape index (κ1) is 20.0. The first-order valence-corrected chi connectivity index (χ1v) is 9.45. The van der Waals surface area contributed by atoms with Crippen LogP contribution in [-0.4, -0.2) is 37.0 Å². The van der Waals surface area contributed by atoms with Gasteiger partial charge in [-0.1, -0.05) is 63.2 Å². The van der Waals surface area contributed by atoms with E-state index in [2.05, 4.69) is 43.1 Å². The van der Waals surface area contributed by atoms with Crippen molar-refractivity contribution in [2.75, 3.05) is 26.2 Å². The van der Waals surface area contributed by atoms with Crippen molar-refractivity contribution < 1.29 is 9.53 Å². The Kier molecular flexibility index (Phi) is 8.16. The third-order valence-electron chi connectivity index (χ3n) is 4.63. The summed E-state index contributed by atoms with van der Waals surface area (Å²) in [6, 6.07) is 18.4. The molecule has 0 fully saturated rings. The van der Waals surface area contributed by atoms with Gasteiger partial charge in [0.25, 0.3) is 5.91 Å². The van der Waals surface area contributed by atoms with E-state index in [1.807, 2.05) is 42.5 Å². The number of nitrogens with one attached hydrogen (secondary N) is 1. The van der Waals surface area contributed by atoms with E-state index in [1.165, 1.54) is 11.1 Å². The van der Waals surface area contributed by atoms with Crippen LogP contribution in [0, 0.1) is 0 Å². The van der Waals surface area contributed by atoms with Gasteiger partial charge in [-0.15, -0.1) is 0 Å². The number of carbonyl (C=O) groups excluding carboxylic acids is 1. The summed E-state index contributed by atoms with van der Waals surface area (Å²) >= 11 is 0. The maximum Gasteiger partial charge on any atom is 0.258 e. The highest BCUT2D eigenvalue weighted by Gasteiger charge is 2.18. The molecule has 1 amide bonds. The number of carbonyl (C=O) groups is 1. The fourth-order valence-corrected chi connectivity index (χ4v) is 3.03. The van der Waals surface area contributed by atoms with Crippen molar-refractivity contribution >= 4 is 5.91 Å². The Labute approximate surface area is 157 Å². The maximum absolute atomic E-state index is 12.2. The fourth-order valence-electron chi connectivity index (χ4n) is 3.03. The molecular weight excluding hydrogens is 324 g/mol. The lowest BCUT2D eigenvalue weighted by Crippen LogP contribution is -2.39. The molecule has 0 aliphatic carbocycles. The minimum Gasteiger partial charge on any atom is -0.484 e. The van der Waals surface area contributed by atoms with Gasteiger partial charge < -0.3 is 10.1 Å². The van der Waals surface area contributed by atoms with Crippen molar-refractivity contribution in [2.24, 2.45) is 0 Å². The summed E-state index contributed by atoms with van der Waals surface area (Å²) in [7, 11) is 0. The number of aryl methyl sites for hydroxylation is 1. The molecule has 2 rings (SSSR count). The summed E-state index contributed by atoms with van der Waals surface area (Å²) in [6.45, 7) is 8.88. The van der Waals surface area contributed by atoms with Crippen LogP contribution in [0.5, 0.6) is 5.75 Å². The second-order valence-corrected chi connectivity index (χ2v) is 6.24. The topological polar surface area (TPSA) is 41.6 Å². The Morgan fingerprint density at radius 2 is 1.65 bits per heavy atom. The molecule has 26 heavy (non-hydrogen) atoms. The van der Waals surface area contributed by atoms with Crippen molar-refractivity contribution in [1.82, 2.24) is 10.2 Å². The lowest BCUT2D eigenvalue weighted by molar-refractivity contribution is -0.123. The predicted molar refractivity (Wildman–Crippen MR) is 106 cm³/mol. The Morgan fingerprint density at radius 3 is 2.23 bits per heavy atom. The van der Waals surface area contributed by atoms with Crippen molar-refractivity contribution in [3.05, 3.63) is 65.7 Å². The molecule has 0 radical (unpaired) electrons. The van der Waals surface area contributed by atoms with E-state index in [0.717, 1.165) is 25.3 Å². The molecule has 0 aliphatic heterocycles. The van der Waals surface area contributed by atoms with Crippen LogP contribution in [0.15, 0.2) is 54.6 Å². The lowest BCUT2D eigenvalue weighted by atomic mass is 10.1. The van der Waals surface area contributed by atoms with Crippen molar-refractivity contribution in [3.63, 3.8) is 0 Å². The van der Waals surface area contributed by atoms with Gasteiger partial charge in [-0.2, -0.15) is 0 Å². The third-order valence-corrected chi connectivity index (χ3v) is 4.63. The number of hydrogen-bond acceptors (Lipinski definition) is 3. The Hall–Kier alpha value is -2.33. The molecule has 2 aromatic carbocycles. The van der Waals surface area contributed by atoms with E-state index in [4.69, 9.17) is 4.74 Å². The fraction of sp³-hybridized carbons (Fsp3) is 0.409. The molecule has 0 aromatic heterocycles. The molecule has 0 aliphatic rings. The standard InChI is InChI=1S/C22H30N2O2/c1-4-18-12-14-20(15-13-18)26-17-22(25)23-16-21(24(5-2)6-3)19-10-8-7-9-11-19/h7-15,21H,4-6,16-17H2,1-3H3,(H,23,25)/t21-/m0/s1. The van der Waals surface area contributed by atoms with Gasteiger partial charge in [-0.3, -0.25) is 9.69 Å². The third kappa shape index (κ3) is 5.88. The average molecular weight is 354 g/mol. The van der Waals surface area contributed by atoms with Gasteiger partial charge in [0.1, 0.15) is 5.75 Å². The zero-order valence-electron chi connectivity index (χ0n) is 16.1. The summed E-state index contributed by atoms with van der Waals surface area (Å²) in [6.07, 6.45) is 0.993. The van der Waals surface area contributed by atoms with Gasteiger partial charge >= 0.3 is 0 Å². The molecule has 2 aromatic rings. The maximum atomic E-state index is 12.2. The summed E-state index contributed by atoms with van der Waals surface area (Å²) < 4.78 is 5.59. The molecule has 0 saturated carbocycles. The number of rotatable bonds is 10. The van der Waals surface area contributed by atoms with Crippen LogP contribution in [0.25, 0.3) is 0 Å². The molecule has 0 saturated heterocycles. The molecule has 4 heteroatoms. The van der Waals surface area contributed by atoms with E-state index in [-0.39, 0.29) is 18.6 Å². The van der Waals surface area contributed by atoms with E-state index in [9.17, 15) is 4.79 Å². The van der Waals surface area contributed by atoms with Gasteiger partial charge in [0.2, 0.25) is 0 Å². The molecule has 0 heterocycles. The number of benzene rings is 2. The van der Waals surface area contributed by atoms with Crippen LogP contribution in [0.3, 0.4) is 0 Å². The number of nitrogens with zero attached hydrogens (tertiary/aromatic N) is 1. The molecule has 140 valence electrons. The van der Waals surface area contributed by atoms with Crippen LogP contribution in [0.4, 0.5) is 0 Å². The molecule has 0 unspecified atom stereocenters. The SMILES string of the molecule is CCc1ccc(OCC(=O)NC[C@@H](c2ccccc2)N(CC)CC)cc1. The van der Waals surface area contributed by atoms with Crippen molar-refractivity contribution in [1.29, 1.82) is 0 Å². The summed E-state index contributed by atoms with van der Waals surface area (Å²) in [5.41, 5.74) is 2.47. The van der Waals surface area contributed by atoms with Crippen molar-refractivity contribution in [3.8, 4) is 5.75 Å².